The minimum atomic E-state index is 0.556. The van der Waals surface area contributed by atoms with Crippen LogP contribution in [-0.4, -0.2) is 22.0 Å². The highest BCUT2D eigenvalue weighted by atomic mass is 32.2. The number of hydrogen-bond donors (Lipinski definition) is 2. The Labute approximate surface area is 124 Å². The molecule has 0 radical (unpaired) electrons. The van der Waals surface area contributed by atoms with Crippen molar-refractivity contribution >= 4 is 33.9 Å². The van der Waals surface area contributed by atoms with Crippen molar-refractivity contribution in [3.8, 4) is 0 Å². The van der Waals surface area contributed by atoms with Crippen molar-refractivity contribution in [1.29, 1.82) is 0 Å². The van der Waals surface area contributed by atoms with Crippen LogP contribution in [0.5, 0.6) is 0 Å². The number of nitrogens with two attached hydrogens (primary N) is 1. The molecule has 1 saturated carbocycles. The molecular weight excluding hydrogens is 266 g/mol. The van der Waals surface area contributed by atoms with E-state index in [1.54, 1.807) is 6.20 Å². The van der Waals surface area contributed by atoms with E-state index < -0.39 is 0 Å². The fourth-order valence-electron chi connectivity index (χ4n) is 3.00. The second-order valence-electron chi connectivity index (χ2n) is 5.36. The van der Waals surface area contributed by atoms with Crippen LogP contribution in [0.25, 0.3) is 10.8 Å². The summed E-state index contributed by atoms with van der Waals surface area (Å²) in [5, 5.41) is 6.62. The Morgan fingerprint density at radius 2 is 2.25 bits per heavy atom. The van der Waals surface area contributed by atoms with Crippen molar-refractivity contribution < 1.29 is 0 Å². The Kier molecular flexibility index (Phi) is 4.01. The average Bonchev–Trinajstić information content (AvgIpc) is 2.90. The third-order valence-electron chi connectivity index (χ3n) is 4.01. The average molecular weight is 287 g/mol. The van der Waals surface area contributed by atoms with E-state index in [4.69, 9.17) is 5.73 Å². The molecule has 0 saturated heterocycles. The molecule has 0 aliphatic heterocycles. The van der Waals surface area contributed by atoms with E-state index >= 15 is 0 Å². The number of benzene rings is 1. The zero-order valence-electron chi connectivity index (χ0n) is 11.8. The van der Waals surface area contributed by atoms with Crippen molar-refractivity contribution in [2.45, 2.75) is 37.5 Å². The Morgan fingerprint density at radius 1 is 1.35 bits per heavy atom. The van der Waals surface area contributed by atoms with E-state index in [0.29, 0.717) is 6.04 Å². The second-order valence-corrected chi connectivity index (χ2v) is 6.93. The first-order valence-corrected chi connectivity index (χ1v) is 8.33. The van der Waals surface area contributed by atoms with E-state index in [1.165, 1.54) is 25.0 Å². The van der Waals surface area contributed by atoms with Crippen molar-refractivity contribution in [3.63, 3.8) is 0 Å². The lowest BCUT2D eigenvalue weighted by molar-refractivity contribution is 0.757. The molecule has 1 heterocycles. The first-order chi connectivity index (χ1) is 9.78. The molecule has 2 atom stereocenters. The Hall–Kier alpha value is -1.42. The van der Waals surface area contributed by atoms with Gasteiger partial charge < -0.3 is 11.1 Å². The van der Waals surface area contributed by atoms with Crippen LogP contribution in [0.4, 0.5) is 11.4 Å². The van der Waals surface area contributed by atoms with Gasteiger partial charge >= 0.3 is 0 Å². The lowest BCUT2D eigenvalue weighted by Gasteiger charge is -2.17. The number of aromatic nitrogens is 1. The van der Waals surface area contributed by atoms with Gasteiger partial charge in [-0.2, -0.15) is 11.8 Å². The first-order valence-electron chi connectivity index (χ1n) is 7.28. The van der Waals surface area contributed by atoms with E-state index in [9.17, 15) is 0 Å². The Morgan fingerprint density at radius 3 is 3.10 bits per heavy atom. The van der Waals surface area contributed by atoms with Gasteiger partial charge in [-0.15, -0.1) is 0 Å². The molecule has 3 rings (SSSR count). The van der Waals surface area contributed by atoms with Gasteiger partial charge in [0.2, 0.25) is 0 Å². The third kappa shape index (κ3) is 2.70. The van der Waals surface area contributed by atoms with Crippen molar-refractivity contribution in [1.82, 2.24) is 4.98 Å². The fraction of sp³-hybridized carbons (Fsp3) is 0.438. The van der Waals surface area contributed by atoms with E-state index in [-0.39, 0.29) is 0 Å². The van der Waals surface area contributed by atoms with E-state index in [2.05, 4.69) is 41.1 Å². The lowest BCUT2D eigenvalue weighted by atomic mass is 10.1. The number of anilines is 2. The molecule has 106 valence electrons. The van der Waals surface area contributed by atoms with Crippen LogP contribution in [0.2, 0.25) is 0 Å². The molecule has 1 aliphatic carbocycles. The number of pyridine rings is 1. The summed E-state index contributed by atoms with van der Waals surface area (Å²) in [6.07, 6.45) is 7.45. The van der Waals surface area contributed by atoms with Gasteiger partial charge in [0, 0.05) is 34.5 Å². The molecule has 0 bridgehead atoms. The summed E-state index contributed by atoms with van der Waals surface area (Å²) in [6.45, 7) is 2.24. The molecule has 1 fully saturated rings. The van der Waals surface area contributed by atoms with Crippen molar-refractivity contribution in [3.05, 3.63) is 30.6 Å². The number of rotatable bonds is 4. The Bertz CT molecular complexity index is 599. The maximum atomic E-state index is 6.29. The predicted octanol–water partition coefficient (Wildman–Crippen LogP) is 3.90. The molecule has 1 aromatic carbocycles. The molecule has 3 N–H and O–H groups in total. The van der Waals surface area contributed by atoms with E-state index in [1.807, 2.05) is 12.3 Å². The maximum absolute atomic E-state index is 6.29. The SMILES string of the molecule is CCSC1CCC(Nc2ccc3cnccc3c2N)C1. The highest BCUT2D eigenvalue weighted by Crippen LogP contribution is 2.34. The van der Waals surface area contributed by atoms with Gasteiger partial charge in [-0.1, -0.05) is 13.0 Å². The molecule has 1 aliphatic rings. The number of nitrogens with zero attached hydrogens (tertiary/aromatic N) is 1. The number of nitrogens with one attached hydrogen (secondary N) is 1. The normalized spacial score (nSPS) is 22.2. The van der Waals surface area contributed by atoms with Gasteiger partial charge in [0.15, 0.2) is 0 Å². The van der Waals surface area contributed by atoms with E-state index in [0.717, 1.165) is 27.4 Å². The smallest absolute Gasteiger partial charge is 0.0630 e. The van der Waals surface area contributed by atoms with Crippen LogP contribution < -0.4 is 11.1 Å². The zero-order valence-corrected chi connectivity index (χ0v) is 12.6. The highest BCUT2D eigenvalue weighted by molar-refractivity contribution is 7.99. The molecule has 1 aromatic heterocycles. The summed E-state index contributed by atoms with van der Waals surface area (Å²) in [6, 6.07) is 6.72. The number of hydrogen-bond acceptors (Lipinski definition) is 4. The molecular formula is C16H21N3S. The molecule has 0 amide bonds. The summed E-state index contributed by atoms with van der Waals surface area (Å²) < 4.78 is 0. The fourth-order valence-corrected chi connectivity index (χ4v) is 4.14. The second kappa shape index (κ2) is 5.92. The van der Waals surface area contributed by atoms with Gasteiger partial charge in [0.05, 0.1) is 11.4 Å². The minimum Gasteiger partial charge on any atom is -0.397 e. The van der Waals surface area contributed by atoms with Crippen LogP contribution >= 0.6 is 11.8 Å². The first kappa shape index (κ1) is 13.6. The molecule has 3 nitrogen and oxygen atoms in total. The quantitative estimate of drug-likeness (QED) is 0.837. The highest BCUT2D eigenvalue weighted by Gasteiger charge is 2.24. The Balaban J connectivity index is 1.77. The summed E-state index contributed by atoms with van der Waals surface area (Å²) in [4.78, 5) is 4.14. The summed E-state index contributed by atoms with van der Waals surface area (Å²) in [5.41, 5.74) is 8.20. The molecule has 2 aromatic rings. The molecule has 2 unspecified atom stereocenters. The lowest BCUT2D eigenvalue weighted by Crippen LogP contribution is -2.17. The standard InChI is InChI=1S/C16H21N3S/c1-2-20-13-5-4-12(9-13)19-15-6-3-11-10-18-8-7-14(11)16(15)17/h3,6-8,10,12-13,19H,2,4-5,9,17H2,1H3. The summed E-state index contributed by atoms with van der Waals surface area (Å²) in [7, 11) is 0. The van der Waals surface area contributed by atoms with Crippen LogP contribution in [0, 0.1) is 0 Å². The van der Waals surface area contributed by atoms with Crippen LogP contribution in [-0.2, 0) is 0 Å². The van der Waals surface area contributed by atoms with Gasteiger partial charge in [0.25, 0.3) is 0 Å². The number of fused-ring (bicyclic) bond motifs is 1. The number of thioether (sulfide) groups is 1. The number of nitrogen functional groups attached to an aromatic ring is 1. The zero-order chi connectivity index (χ0) is 13.9. The third-order valence-corrected chi connectivity index (χ3v) is 5.24. The predicted molar refractivity (Wildman–Crippen MR) is 89.3 cm³/mol. The monoisotopic (exact) mass is 287 g/mol. The van der Waals surface area contributed by atoms with Crippen molar-refractivity contribution in [2.75, 3.05) is 16.8 Å². The van der Waals surface area contributed by atoms with Gasteiger partial charge in [0.1, 0.15) is 0 Å². The van der Waals surface area contributed by atoms with Gasteiger partial charge in [-0.3, -0.25) is 4.98 Å². The largest absolute Gasteiger partial charge is 0.397 e. The van der Waals surface area contributed by atoms with Crippen LogP contribution in [0.1, 0.15) is 26.2 Å². The topological polar surface area (TPSA) is 50.9 Å². The summed E-state index contributed by atoms with van der Waals surface area (Å²) >= 11 is 2.08. The maximum Gasteiger partial charge on any atom is 0.0630 e. The molecule has 20 heavy (non-hydrogen) atoms. The van der Waals surface area contributed by atoms with Crippen LogP contribution in [0.15, 0.2) is 30.6 Å². The van der Waals surface area contributed by atoms with Gasteiger partial charge in [-0.05, 0) is 37.1 Å². The van der Waals surface area contributed by atoms with Gasteiger partial charge in [-0.25, -0.2) is 0 Å². The molecule has 0 spiro atoms. The summed E-state index contributed by atoms with van der Waals surface area (Å²) in [5.74, 6) is 1.21. The molecule has 4 heteroatoms. The van der Waals surface area contributed by atoms with Crippen molar-refractivity contribution in [2.24, 2.45) is 0 Å². The van der Waals surface area contributed by atoms with Crippen LogP contribution in [0.3, 0.4) is 0 Å². The minimum absolute atomic E-state index is 0.556.